The molecule has 9 nitrogen and oxygen atoms in total. The fourth-order valence-electron chi connectivity index (χ4n) is 2.93. The van der Waals surface area contributed by atoms with E-state index < -0.39 is 5.60 Å². The molecule has 0 aromatic carbocycles. The highest BCUT2D eigenvalue weighted by Gasteiger charge is 2.19. The molecule has 0 aliphatic carbocycles. The fraction of sp³-hybridized carbons (Fsp3) is 0.400. The second-order valence-electron chi connectivity index (χ2n) is 7.34. The predicted molar refractivity (Wildman–Crippen MR) is 107 cm³/mol. The van der Waals surface area contributed by atoms with Gasteiger partial charge in [0.25, 0.3) is 0 Å². The van der Waals surface area contributed by atoms with Gasteiger partial charge in [-0.3, -0.25) is 0 Å². The second kappa shape index (κ2) is 8.53. The Balaban J connectivity index is 0.000000290. The van der Waals surface area contributed by atoms with Crippen LogP contribution in [0, 0.1) is 11.3 Å². The van der Waals surface area contributed by atoms with Crippen molar-refractivity contribution >= 4 is 11.5 Å². The summed E-state index contributed by atoms with van der Waals surface area (Å²) in [7, 11) is 0. The van der Waals surface area contributed by atoms with E-state index in [1.54, 1.807) is 30.8 Å². The van der Waals surface area contributed by atoms with Crippen molar-refractivity contribution in [3.8, 4) is 17.3 Å². The van der Waals surface area contributed by atoms with Crippen molar-refractivity contribution in [3.05, 3.63) is 41.9 Å². The number of hydrogen-bond acceptors (Lipinski definition) is 8. The van der Waals surface area contributed by atoms with Crippen molar-refractivity contribution < 1.29 is 14.9 Å². The molecule has 0 bridgehead atoms. The number of nitrogens with zero attached hydrogens (tertiary/aromatic N) is 5. The van der Waals surface area contributed by atoms with E-state index in [2.05, 4.69) is 21.1 Å². The SMILES string of the molecule is CC(C)(O)c1ccc2c(-c3nc(N)ncc3C#N)cnn2c1.OC1CCCOC1. The molecular formula is C20H24N6O3. The first kappa shape index (κ1) is 20.7. The molecule has 0 spiro atoms. The Hall–Kier alpha value is -3.06. The fourth-order valence-corrected chi connectivity index (χ4v) is 2.93. The Labute approximate surface area is 168 Å². The second-order valence-corrected chi connectivity index (χ2v) is 7.34. The third-order valence-electron chi connectivity index (χ3n) is 4.54. The molecule has 4 rings (SSSR count). The monoisotopic (exact) mass is 396 g/mol. The lowest BCUT2D eigenvalue weighted by molar-refractivity contribution is -0.00535. The average molecular weight is 396 g/mol. The first-order valence-corrected chi connectivity index (χ1v) is 9.28. The number of ether oxygens (including phenoxy) is 1. The molecule has 9 heteroatoms. The third-order valence-corrected chi connectivity index (χ3v) is 4.54. The number of nitrogen functional groups attached to an aromatic ring is 1. The van der Waals surface area contributed by atoms with E-state index in [0.29, 0.717) is 23.4 Å². The Morgan fingerprint density at radius 1 is 1.34 bits per heavy atom. The quantitative estimate of drug-likeness (QED) is 0.593. The number of nitrogens with two attached hydrogens (primary N) is 1. The highest BCUT2D eigenvalue weighted by atomic mass is 16.5. The van der Waals surface area contributed by atoms with Crippen LogP contribution >= 0.6 is 0 Å². The molecule has 4 N–H and O–H groups in total. The highest BCUT2D eigenvalue weighted by Crippen LogP contribution is 2.28. The Morgan fingerprint density at radius 3 is 2.72 bits per heavy atom. The molecule has 1 aliphatic rings. The lowest BCUT2D eigenvalue weighted by atomic mass is 10.00. The maximum Gasteiger partial charge on any atom is 0.220 e. The standard InChI is InChI=1S/C15H14N6O.C5H10O2/c1-15(2,22)10-3-4-12-11(7-19-21(12)8-10)13-9(5-16)6-18-14(17)20-13;6-5-2-1-3-7-4-5/h3-4,6-8,22H,1-2H3,(H2,17,18,20);5-6H,1-4H2. The van der Waals surface area contributed by atoms with Crippen LogP contribution in [0.5, 0.6) is 0 Å². The third kappa shape index (κ3) is 4.86. The van der Waals surface area contributed by atoms with Gasteiger partial charge in [-0.25, -0.2) is 14.5 Å². The van der Waals surface area contributed by atoms with Gasteiger partial charge >= 0.3 is 0 Å². The molecule has 29 heavy (non-hydrogen) atoms. The van der Waals surface area contributed by atoms with Gasteiger partial charge in [0, 0.05) is 23.9 Å². The number of anilines is 1. The number of aliphatic hydroxyl groups is 2. The van der Waals surface area contributed by atoms with Crippen molar-refractivity contribution in [1.29, 1.82) is 5.26 Å². The summed E-state index contributed by atoms with van der Waals surface area (Å²) in [4.78, 5) is 7.98. The summed E-state index contributed by atoms with van der Waals surface area (Å²) in [6, 6.07) is 5.70. The van der Waals surface area contributed by atoms with Gasteiger partial charge < -0.3 is 20.7 Å². The molecule has 0 saturated carbocycles. The van der Waals surface area contributed by atoms with E-state index >= 15 is 0 Å². The molecule has 3 aromatic rings. The Kier molecular flexibility index (Phi) is 6.08. The number of fused-ring (bicyclic) bond motifs is 1. The van der Waals surface area contributed by atoms with Crippen LogP contribution in [0.4, 0.5) is 5.95 Å². The van der Waals surface area contributed by atoms with E-state index in [-0.39, 0.29) is 12.1 Å². The summed E-state index contributed by atoms with van der Waals surface area (Å²) < 4.78 is 6.57. The molecule has 1 fully saturated rings. The predicted octanol–water partition coefficient (Wildman–Crippen LogP) is 1.63. The molecule has 0 radical (unpaired) electrons. The summed E-state index contributed by atoms with van der Waals surface area (Å²) in [5.41, 5.74) is 7.62. The van der Waals surface area contributed by atoms with Gasteiger partial charge in [0.2, 0.25) is 5.95 Å². The van der Waals surface area contributed by atoms with Gasteiger partial charge in [-0.1, -0.05) is 6.07 Å². The number of aromatic nitrogens is 4. The zero-order chi connectivity index (χ0) is 21.0. The van der Waals surface area contributed by atoms with Gasteiger partial charge in [-0.2, -0.15) is 10.4 Å². The number of hydrogen-bond donors (Lipinski definition) is 3. The topological polar surface area (TPSA) is 143 Å². The smallest absolute Gasteiger partial charge is 0.220 e. The summed E-state index contributed by atoms with van der Waals surface area (Å²) in [6.07, 6.45) is 6.50. The van der Waals surface area contributed by atoms with Crippen LogP contribution in [-0.4, -0.2) is 49.1 Å². The van der Waals surface area contributed by atoms with E-state index in [0.717, 1.165) is 30.5 Å². The highest BCUT2D eigenvalue weighted by molar-refractivity contribution is 5.81. The summed E-state index contributed by atoms with van der Waals surface area (Å²) in [6.45, 7) is 4.78. The van der Waals surface area contributed by atoms with Crippen LogP contribution in [0.15, 0.2) is 30.7 Å². The minimum Gasteiger partial charge on any atom is -0.391 e. The normalized spacial score (nSPS) is 16.7. The number of nitriles is 1. The van der Waals surface area contributed by atoms with Crippen molar-refractivity contribution in [1.82, 2.24) is 19.6 Å². The van der Waals surface area contributed by atoms with Crippen molar-refractivity contribution in [2.24, 2.45) is 0 Å². The van der Waals surface area contributed by atoms with Crippen LogP contribution in [0.2, 0.25) is 0 Å². The molecule has 1 saturated heterocycles. The first-order chi connectivity index (χ1) is 13.8. The maximum absolute atomic E-state index is 10.1. The molecule has 1 unspecified atom stereocenters. The lowest BCUT2D eigenvalue weighted by Crippen LogP contribution is -2.21. The molecule has 3 aromatic heterocycles. The summed E-state index contributed by atoms with van der Waals surface area (Å²) in [5, 5.41) is 32.3. The summed E-state index contributed by atoms with van der Waals surface area (Å²) in [5.74, 6) is 0.0986. The molecular weight excluding hydrogens is 372 g/mol. The molecule has 0 amide bonds. The van der Waals surface area contributed by atoms with E-state index in [9.17, 15) is 10.4 Å². The van der Waals surface area contributed by atoms with Gasteiger partial charge in [-0.05, 0) is 32.8 Å². The van der Waals surface area contributed by atoms with Gasteiger partial charge in [-0.15, -0.1) is 0 Å². The van der Waals surface area contributed by atoms with Crippen LogP contribution in [0.25, 0.3) is 16.8 Å². The van der Waals surface area contributed by atoms with Gasteiger partial charge in [0.15, 0.2) is 0 Å². The van der Waals surface area contributed by atoms with E-state index in [1.165, 1.54) is 6.20 Å². The van der Waals surface area contributed by atoms with Crippen molar-refractivity contribution in [3.63, 3.8) is 0 Å². The summed E-state index contributed by atoms with van der Waals surface area (Å²) >= 11 is 0. The molecule has 4 heterocycles. The van der Waals surface area contributed by atoms with E-state index in [4.69, 9.17) is 15.6 Å². The van der Waals surface area contributed by atoms with Crippen molar-refractivity contribution in [2.75, 3.05) is 18.9 Å². The largest absolute Gasteiger partial charge is 0.391 e. The van der Waals surface area contributed by atoms with Crippen LogP contribution < -0.4 is 5.73 Å². The van der Waals surface area contributed by atoms with Crippen molar-refractivity contribution in [2.45, 2.75) is 38.4 Å². The number of pyridine rings is 1. The average Bonchev–Trinajstić information content (AvgIpc) is 3.11. The van der Waals surface area contributed by atoms with Gasteiger partial charge in [0.05, 0.1) is 47.5 Å². The van der Waals surface area contributed by atoms with Crippen LogP contribution in [0.1, 0.15) is 37.8 Å². The minimum atomic E-state index is -0.961. The minimum absolute atomic E-state index is 0.0986. The number of rotatable bonds is 2. The zero-order valence-electron chi connectivity index (χ0n) is 16.4. The zero-order valence-corrected chi connectivity index (χ0v) is 16.4. The lowest BCUT2D eigenvalue weighted by Gasteiger charge is -2.17. The van der Waals surface area contributed by atoms with Gasteiger partial charge in [0.1, 0.15) is 6.07 Å². The number of aliphatic hydroxyl groups excluding tert-OH is 1. The Morgan fingerprint density at radius 2 is 2.14 bits per heavy atom. The first-order valence-electron chi connectivity index (χ1n) is 9.28. The Bertz CT molecular complexity index is 1030. The maximum atomic E-state index is 10.1. The van der Waals surface area contributed by atoms with Crippen LogP contribution in [0.3, 0.4) is 0 Å². The molecule has 1 atom stereocenters. The van der Waals surface area contributed by atoms with E-state index in [1.807, 2.05) is 12.1 Å². The molecule has 152 valence electrons. The van der Waals surface area contributed by atoms with Crippen LogP contribution in [-0.2, 0) is 10.3 Å². The molecule has 1 aliphatic heterocycles.